The predicted octanol–water partition coefficient (Wildman–Crippen LogP) is 1.31. The summed E-state index contributed by atoms with van der Waals surface area (Å²) in [5.74, 6) is -0.295. The van der Waals surface area contributed by atoms with Crippen LogP contribution in [-0.2, 0) is 14.4 Å². The van der Waals surface area contributed by atoms with Crippen LogP contribution in [0, 0.1) is 10.8 Å². The fourth-order valence-corrected chi connectivity index (χ4v) is 2.65. The number of aldehydes is 1. The molecule has 0 aliphatic heterocycles. The highest BCUT2D eigenvalue weighted by Gasteiger charge is 2.40. The molecular formula is C15H28N2O3. The Morgan fingerprint density at radius 2 is 1.80 bits per heavy atom. The number of rotatable bonds is 9. The Balaban J connectivity index is 5.23. The van der Waals surface area contributed by atoms with E-state index in [9.17, 15) is 14.4 Å². The van der Waals surface area contributed by atoms with E-state index >= 15 is 0 Å². The number of carbonyl (C=O) groups is 3. The molecule has 0 aliphatic carbocycles. The van der Waals surface area contributed by atoms with Gasteiger partial charge in [-0.2, -0.15) is 0 Å². The number of hydrogen-bond acceptors (Lipinski definition) is 4. The van der Waals surface area contributed by atoms with Crippen molar-refractivity contribution in [3.8, 4) is 0 Å². The van der Waals surface area contributed by atoms with E-state index in [0.29, 0.717) is 12.8 Å². The van der Waals surface area contributed by atoms with Gasteiger partial charge in [-0.25, -0.2) is 0 Å². The molecule has 2 atom stereocenters. The molecule has 0 aromatic carbocycles. The second-order valence-corrected chi connectivity index (χ2v) is 6.43. The summed E-state index contributed by atoms with van der Waals surface area (Å²) >= 11 is 0. The highest BCUT2D eigenvalue weighted by atomic mass is 16.2. The topological polar surface area (TPSA) is 75.3 Å². The number of amides is 1. The Morgan fingerprint density at radius 3 is 2.15 bits per heavy atom. The molecule has 20 heavy (non-hydrogen) atoms. The number of hydrogen-bond donors (Lipinski definition) is 2. The summed E-state index contributed by atoms with van der Waals surface area (Å²) in [6.45, 7) is 9.26. The molecule has 1 amide bonds. The molecule has 0 spiro atoms. The summed E-state index contributed by atoms with van der Waals surface area (Å²) in [4.78, 5) is 34.9. The van der Waals surface area contributed by atoms with Gasteiger partial charge < -0.3 is 15.4 Å². The maximum Gasteiger partial charge on any atom is 0.234 e. The van der Waals surface area contributed by atoms with E-state index in [4.69, 9.17) is 0 Å². The van der Waals surface area contributed by atoms with E-state index in [1.54, 1.807) is 7.05 Å². The van der Waals surface area contributed by atoms with Crippen molar-refractivity contribution in [3.63, 3.8) is 0 Å². The number of Topliss-reactive ketones (excluding diaryl/α,β-unsaturated/α-hetero) is 1. The van der Waals surface area contributed by atoms with Gasteiger partial charge in [0.1, 0.15) is 6.29 Å². The molecule has 0 fully saturated rings. The van der Waals surface area contributed by atoms with Crippen LogP contribution < -0.4 is 10.6 Å². The molecule has 0 heterocycles. The summed E-state index contributed by atoms with van der Waals surface area (Å²) in [7, 11) is 1.68. The first kappa shape index (κ1) is 18.8. The molecule has 0 aromatic rings. The van der Waals surface area contributed by atoms with E-state index < -0.39 is 16.9 Å². The van der Waals surface area contributed by atoms with Gasteiger partial charge in [-0.15, -0.1) is 0 Å². The summed E-state index contributed by atoms with van der Waals surface area (Å²) in [6.07, 6.45) is 2.16. The lowest BCUT2D eigenvalue weighted by Crippen LogP contribution is -2.53. The fraction of sp³-hybridized carbons (Fsp3) is 0.800. The summed E-state index contributed by atoms with van der Waals surface area (Å²) in [5.41, 5.74) is -0.966. The van der Waals surface area contributed by atoms with Crippen molar-refractivity contribution < 1.29 is 14.4 Å². The van der Waals surface area contributed by atoms with Crippen molar-refractivity contribution in [2.75, 3.05) is 13.6 Å². The summed E-state index contributed by atoms with van der Waals surface area (Å²) in [5, 5.41) is 5.55. The molecule has 5 nitrogen and oxygen atoms in total. The molecule has 0 saturated carbocycles. The van der Waals surface area contributed by atoms with E-state index in [2.05, 4.69) is 10.6 Å². The zero-order chi connectivity index (χ0) is 16.0. The second-order valence-electron chi connectivity index (χ2n) is 6.43. The van der Waals surface area contributed by atoms with Gasteiger partial charge in [-0.05, 0) is 32.2 Å². The van der Waals surface area contributed by atoms with Crippen LogP contribution in [0.25, 0.3) is 0 Å². The second kappa shape index (κ2) is 7.53. The first-order valence-corrected chi connectivity index (χ1v) is 7.02. The predicted molar refractivity (Wildman–Crippen MR) is 79.4 cm³/mol. The third-order valence-electron chi connectivity index (χ3n) is 3.73. The molecule has 2 unspecified atom stereocenters. The maximum atomic E-state index is 11.9. The monoisotopic (exact) mass is 284 g/mol. The van der Waals surface area contributed by atoms with Gasteiger partial charge in [-0.3, -0.25) is 9.59 Å². The van der Waals surface area contributed by atoms with E-state index in [0.717, 1.165) is 6.29 Å². The van der Waals surface area contributed by atoms with Crippen molar-refractivity contribution in [2.45, 2.75) is 53.5 Å². The van der Waals surface area contributed by atoms with Crippen LogP contribution in [0.3, 0.4) is 0 Å². The van der Waals surface area contributed by atoms with Gasteiger partial charge >= 0.3 is 0 Å². The van der Waals surface area contributed by atoms with Crippen LogP contribution in [0.4, 0.5) is 0 Å². The highest BCUT2D eigenvalue weighted by molar-refractivity contribution is 5.89. The number of ketones is 1. The Labute approximate surface area is 121 Å². The zero-order valence-electron chi connectivity index (χ0n) is 13.5. The number of carbonyl (C=O) groups excluding carboxylic acids is 3. The lowest BCUT2D eigenvalue weighted by molar-refractivity contribution is -0.130. The zero-order valence-corrected chi connectivity index (χ0v) is 13.5. The largest absolute Gasteiger partial charge is 0.345 e. The van der Waals surface area contributed by atoms with Crippen LogP contribution in [0.5, 0.6) is 0 Å². The summed E-state index contributed by atoms with van der Waals surface area (Å²) < 4.78 is 0. The van der Waals surface area contributed by atoms with Crippen LogP contribution in [0.1, 0.15) is 47.5 Å². The van der Waals surface area contributed by atoms with Crippen LogP contribution in [0.2, 0.25) is 0 Å². The molecule has 0 saturated heterocycles. The molecular weight excluding hydrogens is 256 g/mol. The average molecular weight is 284 g/mol. The third kappa shape index (κ3) is 5.41. The molecule has 2 N–H and O–H groups in total. The lowest BCUT2D eigenvalue weighted by Gasteiger charge is -2.40. The maximum absolute atomic E-state index is 11.9. The Hall–Kier alpha value is -1.23. The minimum Gasteiger partial charge on any atom is -0.345 e. The average Bonchev–Trinajstić information content (AvgIpc) is 2.35. The Bertz CT molecular complexity index is 366. The molecule has 0 radical (unpaired) electrons. The SMILES string of the molecule is CCC(C)(CC(C)(C)C=O)C(NC(=O)CNC)C(C)=O. The molecule has 0 aromatic heterocycles. The van der Waals surface area contributed by atoms with Gasteiger partial charge in [0.2, 0.25) is 5.91 Å². The van der Waals surface area contributed by atoms with Crippen LogP contribution >= 0.6 is 0 Å². The van der Waals surface area contributed by atoms with Gasteiger partial charge in [-0.1, -0.05) is 27.7 Å². The van der Waals surface area contributed by atoms with Crippen LogP contribution in [0.15, 0.2) is 0 Å². The van der Waals surface area contributed by atoms with Gasteiger partial charge in [0.25, 0.3) is 0 Å². The molecule has 0 bridgehead atoms. The summed E-state index contributed by atoms with van der Waals surface area (Å²) in [6, 6.07) is -0.576. The van der Waals surface area contributed by atoms with Crippen molar-refractivity contribution >= 4 is 18.0 Å². The highest BCUT2D eigenvalue weighted by Crippen LogP contribution is 2.38. The first-order valence-electron chi connectivity index (χ1n) is 7.02. The minimum atomic E-state index is -0.576. The minimum absolute atomic E-state index is 0.0829. The molecule has 0 aliphatic rings. The van der Waals surface area contributed by atoms with Gasteiger partial charge in [0, 0.05) is 5.41 Å². The molecule has 0 rings (SSSR count). The van der Waals surface area contributed by atoms with Gasteiger partial charge in [0.15, 0.2) is 5.78 Å². The van der Waals surface area contributed by atoms with Crippen molar-refractivity contribution in [2.24, 2.45) is 10.8 Å². The molecule has 116 valence electrons. The van der Waals surface area contributed by atoms with E-state index in [1.807, 2.05) is 27.7 Å². The van der Waals surface area contributed by atoms with E-state index in [-0.39, 0.29) is 18.2 Å². The van der Waals surface area contributed by atoms with Crippen molar-refractivity contribution in [1.29, 1.82) is 0 Å². The third-order valence-corrected chi connectivity index (χ3v) is 3.73. The quantitative estimate of drug-likeness (QED) is 0.626. The number of nitrogens with one attached hydrogen (secondary N) is 2. The lowest BCUT2D eigenvalue weighted by atomic mass is 9.68. The fourth-order valence-electron chi connectivity index (χ4n) is 2.65. The molecule has 5 heteroatoms. The smallest absolute Gasteiger partial charge is 0.234 e. The standard InChI is InChI=1S/C15H28N2O3/c1-7-15(5,9-14(3,4)10-18)13(11(2)19)17-12(20)8-16-6/h10,13,16H,7-9H2,1-6H3,(H,17,20). The van der Waals surface area contributed by atoms with E-state index in [1.165, 1.54) is 6.92 Å². The normalized spacial score (nSPS) is 16.1. The van der Waals surface area contributed by atoms with Crippen LogP contribution in [-0.4, -0.2) is 37.6 Å². The first-order chi connectivity index (χ1) is 9.11. The van der Waals surface area contributed by atoms with Crippen molar-refractivity contribution in [1.82, 2.24) is 10.6 Å². The van der Waals surface area contributed by atoms with Crippen molar-refractivity contribution in [3.05, 3.63) is 0 Å². The Kier molecular flexibility index (Phi) is 7.06. The Morgan fingerprint density at radius 1 is 1.25 bits per heavy atom. The number of likely N-dealkylation sites (N-methyl/N-ethyl adjacent to an activating group) is 1. The van der Waals surface area contributed by atoms with Gasteiger partial charge in [0.05, 0.1) is 12.6 Å².